The molecule has 1 amide bonds. The molecule has 2 aromatic rings. The van der Waals surface area contributed by atoms with Crippen LogP contribution >= 0.6 is 0 Å². The summed E-state index contributed by atoms with van der Waals surface area (Å²) < 4.78 is 0. The fourth-order valence-corrected chi connectivity index (χ4v) is 0.528. The molecule has 2 heterocycles. The second-order valence-electron chi connectivity index (χ2n) is 2.39. The van der Waals surface area contributed by atoms with Gasteiger partial charge in [0.2, 0.25) is 5.91 Å². The Kier molecular flexibility index (Phi) is 9.03. The number of amides is 1. The van der Waals surface area contributed by atoms with Crippen LogP contribution in [0.4, 0.5) is 0 Å². The fourth-order valence-electron chi connectivity index (χ4n) is 0.528. The van der Waals surface area contributed by atoms with Crippen LogP contribution in [0, 0.1) is 0 Å². The Hall–Kier alpha value is -2.43. The first-order valence-electron chi connectivity index (χ1n) is 4.47. The molecule has 0 unspecified atom stereocenters. The summed E-state index contributed by atoms with van der Waals surface area (Å²) >= 11 is 0. The van der Waals surface area contributed by atoms with E-state index in [0.717, 1.165) is 6.08 Å². The Morgan fingerprint density at radius 2 is 1.81 bits per heavy atom. The van der Waals surface area contributed by atoms with Gasteiger partial charge < -0.3 is 10.7 Å². The van der Waals surface area contributed by atoms with E-state index in [4.69, 9.17) is 0 Å². The van der Waals surface area contributed by atoms with Crippen LogP contribution in [0.5, 0.6) is 0 Å². The van der Waals surface area contributed by atoms with Crippen LogP contribution in [0.25, 0.3) is 0 Å². The molecule has 0 atom stereocenters. The van der Waals surface area contributed by atoms with E-state index in [-0.39, 0.29) is 0 Å². The quantitative estimate of drug-likeness (QED) is 0.704. The molecule has 0 aliphatic heterocycles. The third-order valence-corrected chi connectivity index (χ3v) is 1.17. The monoisotopic (exact) mass is 218 g/mol. The molecule has 2 aromatic heterocycles. The number of nitrogens with two attached hydrogens (primary N) is 1. The molecule has 84 valence electrons. The lowest BCUT2D eigenvalue weighted by Gasteiger charge is -1.70. The molecule has 0 fully saturated rings. The Balaban J connectivity index is 0.000000213. The lowest BCUT2D eigenvalue weighted by atomic mass is 10.5. The number of primary amides is 1. The van der Waals surface area contributed by atoms with Crippen LogP contribution in [-0.4, -0.2) is 20.9 Å². The minimum Gasteiger partial charge on any atom is -0.366 e. The largest absolute Gasteiger partial charge is 0.366 e. The van der Waals surface area contributed by atoms with Crippen molar-refractivity contribution in [3.63, 3.8) is 0 Å². The Bertz CT molecular complexity index is 315. The highest BCUT2D eigenvalue weighted by Crippen LogP contribution is 1.73. The van der Waals surface area contributed by atoms with E-state index < -0.39 is 5.91 Å². The molecule has 0 aliphatic carbocycles. The van der Waals surface area contributed by atoms with E-state index >= 15 is 0 Å². The lowest BCUT2D eigenvalue weighted by Crippen LogP contribution is -2.04. The van der Waals surface area contributed by atoms with Gasteiger partial charge in [-0.15, -0.1) is 0 Å². The van der Waals surface area contributed by atoms with Crippen LogP contribution < -0.4 is 5.73 Å². The van der Waals surface area contributed by atoms with Gasteiger partial charge in [0.25, 0.3) is 0 Å². The van der Waals surface area contributed by atoms with Crippen molar-refractivity contribution in [3.05, 3.63) is 62.0 Å². The van der Waals surface area contributed by atoms with Gasteiger partial charge in [-0.2, -0.15) is 0 Å². The first-order chi connectivity index (χ1) is 7.77. The van der Waals surface area contributed by atoms with Crippen molar-refractivity contribution in [2.24, 2.45) is 5.73 Å². The van der Waals surface area contributed by atoms with Crippen LogP contribution in [-0.2, 0) is 4.79 Å². The predicted molar refractivity (Wildman–Crippen MR) is 62.2 cm³/mol. The highest BCUT2D eigenvalue weighted by molar-refractivity contribution is 5.84. The standard InChI is InChI=1S/C5H5N.C3H4N2.C3H5NO/c1-2-4-6-5-3-1;1-2-5-3-4-1;1-2-3(4)5/h1-5H;1-3H,(H,4,5);2H,1H2,(H2,4,5). The van der Waals surface area contributed by atoms with Crippen LogP contribution in [0.3, 0.4) is 0 Å². The molecule has 0 bridgehead atoms. The summed E-state index contributed by atoms with van der Waals surface area (Å²) in [5, 5.41) is 0. The molecule has 0 radical (unpaired) electrons. The van der Waals surface area contributed by atoms with Gasteiger partial charge in [0.1, 0.15) is 0 Å². The van der Waals surface area contributed by atoms with E-state index in [9.17, 15) is 4.79 Å². The molecule has 5 nitrogen and oxygen atoms in total. The number of hydrogen-bond donors (Lipinski definition) is 2. The topological polar surface area (TPSA) is 84.7 Å². The maximum absolute atomic E-state index is 9.47. The minimum atomic E-state index is -0.481. The number of carbonyl (C=O) groups is 1. The maximum Gasteiger partial charge on any atom is 0.240 e. The molecule has 0 saturated heterocycles. The second kappa shape index (κ2) is 10.6. The first kappa shape index (κ1) is 13.6. The number of nitrogens with one attached hydrogen (secondary N) is 1. The average molecular weight is 218 g/mol. The van der Waals surface area contributed by atoms with Crippen molar-refractivity contribution in [3.8, 4) is 0 Å². The normalized spacial score (nSPS) is 7.50. The molecule has 0 spiro atoms. The number of imidazole rings is 1. The van der Waals surface area contributed by atoms with E-state index in [1.807, 2.05) is 18.2 Å². The van der Waals surface area contributed by atoms with Gasteiger partial charge in [-0.1, -0.05) is 12.6 Å². The third-order valence-electron chi connectivity index (χ3n) is 1.17. The van der Waals surface area contributed by atoms with Gasteiger partial charge in [0, 0.05) is 24.8 Å². The lowest BCUT2D eigenvalue weighted by molar-refractivity contribution is -0.113. The average Bonchev–Trinajstić information content (AvgIpc) is 2.91. The fraction of sp³-hybridized carbons (Fsp3) is 0. The summed E-state index contributed by atoms with van der Waals surface area (Å²) in [7, 11) is 0. The van der Waals surface area contributed by atoms with Crippen molar-refractivity contribution >= 4 is 5.91 Å². The highest BCUT2D eigenvalue weighted by Gasteiger charge is 1.69. The van der Waals surface area contributed by atoms with Gasteiger partial charge in [-0.05, 0) is 18.2 Å². The van der Waals surface area contributed by atoms with Gasteiger partial charge in [-0.3, -0.25) is 9.78 Å². The van der Waals surface area contributed by atoms with Crippen LogP contribution in [0.1, 0.15) is 0 Å². The van der Waals surface area contributed by atoms with E-state index in [1.54, 1.807) is 31.1 Å². The Labute approximate surface area is 94.1 Å². The Morgan fingerprint density at radius 1 is 1.19 bits per heavy atom. The number of rotatable bonds is 1. The zero-order chi connectivity index (χ0) is 12.1. The van der Waals surface area contributed by atoms with E-state index in [1.165, 1.54) is 0 Å². The van der Waals surface area contributed by atoms with Gasteiger partial charge in [0.15, 0.2) is 0 Å². The zero-order valence-corrected chi connectivity index (χ0v) is 8.78. The molecule has 5 heteroatoms. The number of carbonyl (C=O) groups excluding carboxylic acids is 1. The molecule has 16 heavy (non-hydrogen) atoms. The summed E-state index contributed by atoms with van der Waals surface area (Å²) in [6, 6.07) is 5.72. The zero-order valence-electron chi connectivity index (χ0n) is 8.78. The number of hydrogen-bond acceptors (Lipinski definition) is 3. The van der Waals surface area contributed by atoms with Crippen molar-refractivity contribution in [2.45, 2.75) is 0 Å². The molecular weight excluding hydrogens is 204 g/mol. The molecule has 0 aromatic carbocycles. The summed E-state index contributed by atoms with van der Waals surface area (Å²) in [6.07, 6.45) is 9.64. The third kappa shape index (κ3) is 11.6. The van der Waals surface area contributed by atoms with Crippen molar-refractivity contribution < 1.29 is 4.79 Å². The maximum atomic E-state index is 9.47. The van der Waals surface area contributed by atoms with Crippen LogP contribution in [0.15, 0.2) is 62.0 Å². The molecular formula is C11H14N4O. The number of H-pyrrole nitrogens is 1. The summed E-state index contributed by atoms with van der Waals surface area (Å²) in [5.74, 6) is -0.481. The molecule has 3 N–H and O–H groups in total. The minimum absolute atomic E-state index is 0.481. The number of aromatic amines is 1. The smallest absolute Gasteiger partial charge is 0.240 e. The van der Waals surface area contributed by atoms with Crippen LogP contribution in [0.2, 0.25) is 0 Å². The summed E-state index contributed by atoms with van der Waals surface area (Å²) in [4.78, 5) is 19.7. The second-order valence-corrected chi connectivity index (χ2v) is 2.39. The summed E-state index contributed by atoms with van der Waals surface area (Å²) in [5.41, 5.74) is 4.53. The first-order valence-corrected chi connectivity index (χ1v) is 4.47. The SMILES string of the molecule is C=CC(N)=O.c1c[nH]cn1.c1ccncc1. The summed E-state index contributed by atoms with van der Waals surface area (Å²) in [6.45, 7) is 3.09. The predicted octanol–water partition coefficient (Wildman–Crippen LogP) is 1.15. The molecule has 2 rings (SSSR count). The van der Waals surface area contributed by atoms with Crippen molar-refractivity contribution in [2.75, 3.05) is 0 Å². The van der Waals surface area contributed by atoms with E-state index in [2.05, 4.69) is 27.3 Å². The Morgan fingerprint density at radius 3 is 1.94 bits per heavy atom. The van der Waals surface area contributed by atoms with E-state index in [0.29, 0.717) is 0 Å². The number of aromatic nitrogens is 3. The van der Waals surface area contributed by atoms with Crippen molar-refractivity contribution in [1.82, 2.24) is 15.0 Å². The number of nitrogens with zero attached hydrogens (tertiary/aromatic N) is 2. The molecule has 0 saturated carbocycles. The van der Waals surface area contributed by atoms with Gasteiger partial charge in [-0.25, -0.2) is 4.98 Å². The highest BCUT2D eigenvalue weighted by atomic mass is 16.1. The van der Waals surface area contributed by atoms with Gasteiger partial charge in [0.05, 0.1) is 6.33 Å². The van der Waals surface area contributed by atoms with Gasteiger partial charge >= 0.3 is 0 Å². The number of pyridine rings is 1. The van der Waals surface area contributed by atoms with Crippen molar-refractivity contribution in [1.29, 1.82) is 0 Å². The molecule has 0 aliphatic rings.